The van der Waals surface area contributed by atoms with Crippen LogP contribution >= 0.6 is 12.2 Å². The molecule has 0 radical (unpaired) electrons. The van der Waals surface area contributed by atoms with E-state index in [1.165, 1.54) is 17.7 Å². The highest BCUT2D eigenvalue weighted by Crippen LogP contribution is 2.25. The molecule has 0 bridgehead atoms. The third-order valence-corrected chi connectivity index (χ3v) is 4.17. The zero-order valence-corrected chi connectivity index (χ0v) is 11.7. The van der Waals surface area contributed by atoms with Crippen LogP contribution in [0, 0.1) is 4.64 Å². The van der Waals surface area contributed by atoms with Crippen LogP contribution in [0.3, 0.4) is 0 Å². The van der Waals surface area contributed by atoms with Crippen LogP contribution in [0.25, 0.3) is 22.3 Å². The van der Waals surface area contributed by atoms with E-state index in [1.54, 1.807) is 0 Å². The molecule has 98 valence electrons. The minimum Gasteiger partial charge on any atom is -0.343 e. The lowest BCUT2D eigenvalue weighted by atomic mass is 10.1. The summed E-state index contributed by atoms with van der Waals surface area (Å²) in [5.41, 5.74) is 4.54. The SMILES string of the molecule is S=c1nc(-c2ccc3ncccc3c2)[nH]c2c1CCC2. The standard InChI is InChI=1S/C16H13N3S/c20-16-12-4-1-5-14(12)18-15(19-16)11-6-7-13-10(9-11)3-2-8-17-13/h2-3,6-9H,1,4-5H2,(H,18,19,20). The van der Waals surface area contributed by atoms with E-state index in [9.17, 15) is 0 Å². The number of rotatable bonds is 1. The molecule has 1 aromatic carbocycles. The fourth-order valence-electron chi connectivity index (χ4n) is 2.82. The highest BCUT2D eigenvalue weighted by molar-refractivity contribution is 7.71. The number of hydrogen-bond acceptors (Lipinski definition) is 3. The average Bonchev–Trinajstić information content (AvgIpc) is 2.96. The number of nitrogens with one attached hydrogen (secondary N) is 1. The Morgan fingerprint density at radius 3 is 3.05 bits per heavy atom. The van der Waals surface area contributed by atoms with Crippen LogP contribution in [-0.2, 0) is 12.8 Å². The van der Waals surface area contributed by atoms with Crippen molar-refractivity contribution in [2.75, 3.05) is 0 Å². The lowest BCUT2D eigenvalue weighted by molar-refractivity contribution is 0.899. The first-order valence-corrected chi connectivity index (χ1v) is 7.19. The van der Waals surface area contributed by atoms with Gasteiger partial charge in [-0.1, -0.05) is 18.3 Å². The number of nitrogens with zero attached hydrogens (tertiary/aromatic N) is 2. The number of hydrogen-bond donors (Lipinski definition) is 1. The first-order chi connectivity index (χ1) is 9.81. The summed E-state index contributed by atoms with van der Waals surface area (Å²) < 4.78 is 0.748. The van der Waals surface area contributed by atoms with E-state index >= 15 is 0 Å². The molecular formula is C16H13N3S. The molecule has 0 fully saturated rings. The summed E-state index contributed by atoms with van der Waals surface area (Å²) in [4.78, 5) is 12.3. The largest absolute Gasteiger partial charge is 0.343 e. The topological polar surface area (TPSA) is 41.6 Å². The molecule has 2 heterocycles. The Kier molecular flexibility index (Phi) is 2.63. The fourth-order valence-corrected chi connectivity index (χ4v) is 3.13. The second-order valence-electron chi connectivity index (χ2n) is 5.11. The van der Waals surface area contributed by atoms with E-state index in [4.69, 9.17) is 12.2 Å². The monoisotopic (exact) mass is 279 g/mol. The van der Waals surface area contributed by atoms with Gasteiger partial charge in [0.05, 0.1) is 5.52 Å². The maximum atomic E-state index is 5.42. The van der Waals surface area contributed by atoms with E-state index in [0.717, 1.165) is 39.8 Å². The zero-order chi connectivity index (χ0) is 13.5. The van der Waals surface area contributed by atoms with Crippen molar-refractivity contribution in [2.45, 2.75) is 19.3 Å². The van der Waals surface area contributed by atoms with Crippen molar-refractivity contribution in [1.29, 1.82) is 0 Å². The summed E-state index contributed by atoms with van der Waals surface area (Å²) in [6.45, 7) is 0. The Labute approximate surface area is 121 Å². The van der Waals surface area contributed by atoms with E-state index < -0.39 is 0 Å². The van der Waals surface area contributed by atoms with Gasteiger partial charge >= 0.3 is 0 Å². The second kappa shape index (κ2) is 4.49. The summed E-state index contributed by atoms with van der Waals surface area (Å²) in [5, 5.41) is 1.12. The molecule has 3 nitrogen and oxygen atoms in total. The van der Waals surface area contributed by atoms with Crippen molar-refractivity contribution in [3.8, 4) is 11.4 Å². The molecule has 0 atom stereocenters. The molecule has 2 aromatic heterocycles. The Balaban J connectivity index is 1.91. The van der Waals surface area contributed by atoms with Crippen molar-refractivity contribution in [3.05, 3.63) is 52.4 Å². The molecule has 4 heteroatoms. The molecule has 4 rings (SSSR count). The molecule has 1 aliphatic carbocycles. The summed E-state index contributed by atoms with van der Waals surface area (Å²) in [6.07, 6.45) is 5.11. The van der Waals surface area contributed by atoms with Gasteiger partial charge in [0, 0.05) is 28.4 Å². The van der Waals surface area contributed by atoms with Crippen molar-refractivity contribution >= 4 is 23.1 Å². The van der Waals surface area contributed by atoms with Crippen LogP contribution in [0.15, 0.2) is 36.5 Å². The first-order valence-electron chi connectivity index (χ1n) is 6.78. The summed E-state index contributed by atoms with van der Waals surface area (Å²) >= 11 is 5.42. The van der Waals surface area contributed by atoms with Crippen molar-refractivity contribution in [3.63, 3.8) is 0 Å². The van der Waals surface area contributed by atoms with Crippen LogP contribution in [-0.4, -0.2) is 15.0 Å². The van der Waals surface area contributed by atoms with Crippen LogP contribution in [0.4, 0.5) is 0 Å². The molecule has 0 saturated heterocycles. The van der Waals surface area contributed by atoms with E-state index in [1.807, 2.05) is 24.4 Å². The van der Waals surface area contributed by atoms with Gasteiger partial charge < -0.3 is 4.98 Å². The van der Waals surface area contributed by atoms with Crippen molar-refractivity contribution < 1.29 is 0 Å². The minimum atomic E-state index is 0.748. The van der Waals surface area contributed by atoms with Gasteiger partial charge in [-0.15, -0.1) is 0 Å². The molecule has 1 N–H and O–H groups in total. The summed E-state index contributed by atoms with van der Waals surface area (Å²) in [7, 11) is 0. The highest BCUT2D eigenvalue weighted by Gasteiger charge is 2.15. The van der Waals surface area contributed by atoms with Gasteiger partial charge in [0.15, 0.2) is 0 Å². The average molecular weight is 279 g/mol. The van der Waals surface area contributed by atoms with Crippen molar-refractivity contribution in [1.82, 2.24) is 15.0 Å². The maximum Gasteiger partial charge on any atom is 0.139 e. The number of aromatic nitrogens is 3. The molecule has 0 unspecified atom stereocenters. The van der Waals surface area contributed by atoms with E-state index in [0.29, 0.717) is 0 Å². The predicted octanol–water partition coefficient (Wildman–Crippen LogP) is 3.84. The molecule has 0 saturated carbocycles. The Bertz CT molecular complexity index is 867. The van der Waals surface area contributed by atoms with Gasteiger partial charge in [-0.2, -0.15) is 0 Å². The number of fused-ring (bicyclic) bond motifs is 2. The van der Waals surface area contributed by atoms with Crippen LogP contribution in [0.5, 0.6) is 0 Å². The fraction of sp³-hybridized carbons (Fsp3) is 0.188. The van der Waals surface area contributed by atoms with Gasteiger partial charge in [0.2, 0.25) is 0 Å². The lowest BCUT2D eigenvalue weighted by Gasteiger charge is -2.06. The van der Waals surface area contributed by atoms with Gasteiger partial charge in [-0.25, -0.2) is 4.98 Å². The molecule has 1 aliphatic rings. The number of aromatic amines is 1. The molecule has 0 spiro atoms. The summed E-state index contributed by atoms with van der Waals surface area (Å²) in [6, 6.07) is 10.2. The molecule has 3 aromatic rings. The van der Waals surface area contributed by atoms with Crippen LogP contribution in [0.1, 0.15) is 17.7 Å². The van der Waals surface area contributed by atoms with Gasteiger partial charge in [-0.05, 0) is 43.5 Å². The van der Waals surface area contributed by atoms with Crippen LogP contribution < -0.4 is 0 Å². The molecule has 20 heavy (non-hydrogen) atoms. The van der Waals surface area contributed by atoms with Crippen molar-refractivity contribution in [2.24, 2.45) is 0 Å². The lowest BCUT2D eigenvalue weighted by Crippen LogP contribution is -1.97. The molecule has 0 amide bonds. The Morgan fingerprint density at radius 2 is 2.10 bits per heavy atom. The first kappa shape index (κ1) is 11.7. The number of H-pyrrole nitrogens is 1. The molecular weight excluding hydrogens is 266 g/mol. The molecule has 0 aliphatic heterocycles. The number of aryl methyl sites for hydroxylation is 1. The number of benzene rings is 1. The predicted molar refractivity (Wildman–Crippen MR) is 82.2 cm³/mol. The normalized spacial score (nSPS) is 13.6. The van der Waals surface area contributed by atoms with E-state index in [-0.39, 0.29) is 0 Å². The third-order valence-electron chi connectivity index (χ3n) is 3.84. The third kappa shape index (κ3) is 1.84. The smallest absolute Gasteiger partial charge is 0.139 e. The van der Waals surface area contributed by atoms with Gasteiger partial charge in [-0.3, -0.25) is 4.98 Å². The Morgan fingerprint density at radius 1 is 1.15 bits per heavy atom. The van der Waals surface area contributed by atoms with E-state index in [2.05, 4.69) is 27.1 Å². The summed E-state index contributed by atoms with van der Waals surface area (Å²) in [5.74, 6) is 0.862. The number of pyridine rings is 1. The Hall–Kier alpha value is -2.07. The van der Waals surface area contributed by atoms with Gasteiger partial charge in [0.1, 0.15) is 10.5 Å². The van der Waals surface area contributed by atoms with Gasteiger partial charge in [0.25, 0.3) is 0 Å². The quantitative estimate of drug-likeness (QED) is 0.688. The van der Waals surface area contributed by atoms with Crippen LogP contribution in [0.2, 0.25) is 0 Å². The second-order valence-corrected chi connectivity index (χ2v) is 5.50. The maximum absolute atomic E-state index is 5.42. The highest BCUT2D eigenvalue weighted by atomic mass is 32.1. The zero-order valence-electron chi connectivity index (χ0n) is 10.9. The minimum absolute atomic E-state index is 0.748.